The van der Waals surface area contributed by atoms with Crippen molar-refractivity contribution in [2.75, 3.05) is 13.2 Å². The van der Waals surface area contributed by atoms with Crippen LogP contribution in [-0.4, -0.2) is 23.3 Å². The lowest BCUT2D eigenvalue weighted by Gasteiger charge is -2.23. The van der Waals surface area contributed by atoms with Crippen LogP contribution in [0.1, 0.15) is 17.4 Å². The summed E-state index contributed by atoms with van der Waals surface area (Å²) in [6.07, 6.45) is 1.50. The minimum absolute atomic E-state index is 0.438. The summed E-state index contributed by atoms with van der Waals surface area (Å²) in [7, 11) is 0. The van der Waals surface area contributed by atoms with E-state index in [1.807, 2.05) is 30.3 Å². The molecule has 1 aliphatic heterocycles. The minimum Gasteiger partial charge on any atom is -0.486 e. The number of aliphatic hydroxyl groups excluding tert-OH is 1. The van der Waals surface area contributed by atoms with Gasteiger partial charge in [0, 0.05) is 28.3 Å². The van der Waals surface area contributed by atoms with E-state index >= 15 is 0 Å². The van der Waals surface area contributed by atoms with Gasteiger partial charge in [0.2, 0.25) is 0 Å². The van der Waals surface area contributed by atoms with Gasteiger partial charge in [-0.3, -0.25) is 4.98 Å². The third-order valence-corrected chi connectivity index (χ3v) is 3.62. The smallest absolute Gasteiger partial charge is 0.167 e. The summed E-state index contributed by atoms with van der Waals surface area (Å²) >= 11 is 3.34. The number of aliphatic hydroxyl groups is 1. The molecule has 3 rings (SSSR count). The molecule has 2 aromatic rings. The van der Waals surface area contributed by atoms with Crippen molar-refractivity contribution in [2.45, 2.75) is 12.5 Å². The summed E-state index contributed by atoms with van der Waals surface area (Å²) in [4.78, 5) is 4.28. The molecule has 5 heteroatoms. The van der Waals surface area contributed by atoms with Gasteiger partial charge in [0.25, 0.3) is 0 Å². The molecule has 0 spiro atoms. The highest BCUT2D eigenvalue weighted by Gasteiger charge is 2.21. The van der Waals surface area contributed by atoms with Crippen molar-refractivity contribution in [2.24, 2.45) is 0 Å². The Labute approximate surface area is 125 Å². The lowest BCUT2D eigenvalue weighted by molar-refractivity contribution is 0.145. The van der Waals surface area contributed by atoms with Crippen molar-refractivity contribution in [3.05, 3.63) is 52.3 Å². The molecule has 1 aliphatic rings. The molecule has 0 saturated carbocycles. The van der Waals surface area contributed by atoms with Crippen LogP contribution in [0.3, 0.4) is 0 Å². The highest BCUT2D eigenvalue weighted by atomic mass is 79.9. The molecule has 0 amide bonds. The molecule has 0 aliphatic carbocycles. The Morgan fingerprint density at radius 3 is 2.85 bits per heavy atom. The van der Waals surface area contributed by atoms with E-state index in [0.717, 1.165) is 15.7 Å². The maximum atomic E-state index is 10.4. The van der Waals surface area contributed by atoms with E-state index < -0.39 is 6.10 Å². The summed E-state index contributed by atoms with van der Waals surface area (Å²) in [6.45, 7) is 1.05. The highest BCUT2D eigenvalue weighted by Crippen LogP contribution is 2.37. The van der Waals surface area contributed by atoms with E-state index in [0.29, 0.717) is 31.1 Å². The molecule has 1 aromatic heterocycles. The quantitative estimate of drug-likeness (QED) is 0.936. The first-order valence-corrected chi connectivity index (χ1v) is 7.20. The van der Waals surface area contributed by atoms with Gasteiger partial charge in [-0.15, -0.1) is 0 Å². The zero-order valence-corrected chi connectivity index (χ0v) is 12.3. The fourth-order valence-electron chi connectivity index (χ4n) is 2.19. The molecule has 1 N–H and O–H groups in total. The molecular weight excluding hydrogens is 322 g/mol. The lowest BCUT2D eigenvalue weighted by atomic mass is 10.0. The van der Waals surface area contributed by atoms with Gasteiger partial charge in [-0.25, -0.2) is 0 Å². The summed E-state index contributed by atoms with van der Waals surface area (Å²) in [6, 6.07) is 9.37. The van der Waals surface area contributed by atoms with Gasteiger partial charge in [-0.1, -0.05) is 12.1 Å². The topological polar surface area (TPSA) is 51.6 Å². The molecule has 0 bridgehead atoms. The standard InChI is InChI=1S/C15H14BrNO3/c16-10-4-5-11(17-9-10)8-13(18)12-2-1-3-14-15(12)20-7-6-19-14/h1-5,9,13,18H,6-8H2. The second kappa shape index (κ2) is 5.81. The molecule has 2 heterocycles. The van der Waals surface area contributed by atoms with E-state index in [1.54, 1.807) is 6.20 Å². The number of pyridine rings is 1. The zero-order chi connectivity index (χ0) is 13.9. The van der Waals surface area contributed by atoms with Crippen molar-refractivity contribution in [3.8, 4) is 11.5 Å². The Bertz CT molecular complexity index is 601. The predicted molar refractivity (Wildman–Crippen MR) is 78.0 cm³/mol. The number of benzene rings is 1. The number of rotatable bonds is 3. The van der Waals surface area contributed by atoms with E-state index in [1.165, 1.54) is 0 Å². The average Bonchev–Trinajstić information content (AvgIpc) is 2.49. The van der Waals surface area contributed by atoms with Crippen molar-refractivity contribution in [3.63, 3.8) is 0 Å². The van der Waals surface area contributed by atoms with Crippen LogP contribution in [0.25, 0.3) is 0 Å². The fourth-order valence-corrected chi connectivity index (χ4v) is 2.43. The van der Waals surface area contributed by atoms with Crippen molar-refractivity contribution in [1.82, 2.24) is 4.98 Å². The van der Waals surface area contributed by atoms with Crippen molar-refractivity contribution < 1.29 is 14.6 Å². The molecule has 0 radical (unpaired) electrons. The molecule has 1 unspecified atom stereocenters. The lowest BCUT2D eigenvalue weighted by Crippen LogP contribution is -2.17. The SMILES string of the molecule is OC(Cc1ccc(Br)cn1)c1cccc2c1OCCO2. The second-order valence-corrected chi connectivity index (χ2v) is 5.47. The number of fused-ring (bicyclic) bond motifs is 1. The number of hydrogen-bond acceptors (Lipinski definition) is 4. The Hall–Kier alpha value is -1.59. The van der Waals surface area contributed by atoms with Gasteiger partial charge in [-0.2, -0.15) is 0 Å². The summed E-state index contributed by atoms with van der Waals surface area (Å²) in [5.74, 6) is 1.33. The number of hydrogen-bond donors (Lipinski definition) is 1. The normalized spacial score (nSPS) is 14.9. The zero-order valence-electron chi connectivity index (χ0n) is 10.8. The van der Waals surface area contributed by atoms with E-state index in [2.05, 4.69) is 20.9 Å². The predicted octanol–water partition coefficient (Wildman–Crippen LogP) is 2.89. The second-order valence-electron chi connectivity index (χ2n) is 4.56. The summed E-state index contributed by atoms with van der Waals surface area (Å²) < 4.78 is 12.1. The molecule has 0 fully saturated rings. The Morgan fingerprint density at radius 1 is 1.20 bits per heavy atom. The van der Waals surface area contributed by atoms with Crippen LogP contribution < -0.4 is 9.47 Å². The molecule has 20 heavy (non-hydrogen) atoms. The molecule has 0 saturated heterocycles. The van der Waals surface area contributed by atoms with Crippen molar-refractivity contribution >= 4 is 15.9 Å². The average molecular weight is 336 g/mol. The van der Waals surface area contributed by atoms with Crippen molar-refractivity contribution in [1.29, 1.82) is 0 Å². The van der Waals surface area contributed by atoms with Gasteiger partial charge < -0.3 is 14.6 Å². The van der Waals surface area contributed by atoms with Gasteiger partial charge >= 0.3 is 0 Å². The molecule has 1 aromatic carbocycles. The Kier molecular flexibility index (Phi) is 3.89. The first-order chi connectivity index (χ1) is 9.74. The highest BCUT2D eigenvalue weighted by molar-refractivity contribution is 9.10. The number of halogens is 1. The van der Waals surface area contributed by atoms with Crippen LogP contribution in [0.5, 0.6) is 11.5 Å². The largest absolute Gasteiger partial charge is 0.486 e. The molecule has 1 atom stereocenters. The third-order valence-electron chi connectivity index (χ3n) is 3.15. The number of nitrogens with zero attached hydrogens (tertiary/aromatic N) is 1. The Balaban J connectivity index is 1.83. The minimum atomic E-state index is -0.666. The van der Waals surface area contributed by atoms with Crippen LogP contribution in [0, 0.1) is 0 Å². The number of para-hydroxylation sites is 1. The number of ether oxygens (including phenoxy) is 2. The number of aromatic nitrogens is 1. The molecule has 4 nitrogen and oxygen atoms in total. The van der Waals surface area contributed by atoms with Crippen LogP contribution in [0.4, 0.5) is 0 Å². The van der Waals surface area contributed by atoms with Crippen LogP contribution in [0.2, 0.25) is 0 Å². The van der Waals surface area contributed by atoms with E-state index in [-0.39, 0.29) is 0 Å². The maximum absolute atomic E-state index is 10.4. The first kappa shape index (κ1) is 13.4. The molecular formula is C15H14BrNO3. The summed E-state index contributed by atoms with van der Waals surface area (Å²) in [5.41, 5.74) is 1.57. The van der Waals surface area contributed by atoms with E-state index in [9.17, 15) is 5.11 Å². The van der Waals surface area contributed by atoms with Gasteiger partial charge in [-0.05, 0) is 34.1 Å². The van der Waals surface area contributed by atoms with Gasteiger partial charge in [0.05, 0.1) is 6.10 Å². The van der Waals surface area contributed by atoms with Gasteiger partial charge in [0.15, 0.2) is 11.5 Å². The van der Waals surface area contributed by atoms with E-state index in [4.69, 9.17) is 9.47 Å². The fraction of sp³-hybridized carbons (Fsp3) is 0.267. The van der Waals surface area contributed by atoms with Gasteiger partial charge in [0.1, 0.15) is 13.2 Å². The third kappa shape index (κ3) is 2.78. The van der Waals surface area contributed by atoms with Crippen LogP contribution in [-0.2, 0) is 6.42 Å². The monoisotopic (exact) mass is 335 g/mol. The maximum Gasteiger partial charge on any atom is 0.167 e. The first-order valence-electron chi connectivity index (χ1n) is 6.41. The molecule has 104 valence electrons. The van der Waals surface area contributed by atoms with Crippen LogP contribution >= 0.6 is 15.9 Å². The summed E-state index contributed by atoms with van der Waals surface area (Å²) in [5, 5.41) is 10.4. The van der Waals surface area contributed by atoms with Crippen LogP contribution in [0.15, 0.2) is 41.0 Å². The Morgan fingerprint density at radius 2 is 2.05 bits per heavy atom.